The van der Waals surface area contributed by atoms with Crippen LogP contribution in [0.1, 0.15) is 5.56 Å². The lowest BCUT2D eigenvalue weighted by molar-refractivity contribution is 0.282. The van der Waals surface area contributed by atoms with Gasteiger partial charge in [0.2, 0.25) is 5.89 Å². The van der Waals surface area contributed by atoms with Gasteiger partial charge in [0.05, 0.1) is 11.5 Å². The van der Waals surface area contributed by atoms with Gasteiger partial charge in [0.15, 0.2) is 5.58 Å². The first-order valence-electron chi connectivity index (χ1n) is 4.91. The van der Waals surface area contributed by atoms with Crippen LogP contribution in [0.15, 0.2) is 40.1 Å². The molecule has 4 heteroatoms. The van der Waals surface area contributed by atoms with Gasteiger partial charge >= 0.3 is 0 Å². The van der Waals surface area contributed by atoms with Crippen molar-refractivity contribution in [3.8, 4) is 10.8 Å². The SMILES string of the molecule is OCc1cccc2nc(-c3cccs3)oc12. The Morgan fingerprint density at radius 3 is 2.94 bits per heavy atom. The highest BCUT2D eigenvalue weighted by atomic mass is 32.1. The highest BCUT2D eigenvalue weighted by Crippen LogP contribution is 2.29. The molecular formula is C12H9NO2S. The fraction of sp³-hybridized carbons (Fsp3) is 0.0833. The van der Waals surface area contributed by atoms with Gasteiger partial charge in [-0.25, -0.2) is 4.98 Å². The van der Waals surface area contributed by atoms with Crippen LogP contribution in [-0.4, -0.2) is 10.1 Å². The van der Waals surface area contributed by atoms with Crippen molar-refractivity contribution >= 4 is 22.4 Å². The first-order valence-corrected chi connectivity index (χ1v) is 5.79. The summed E-state index contributed by atoms with van der Waals surface area (Å²) in [5.74, 6) is 0.617. The van der Waals surface area contributed by atoms with Crippen molar-refractivity contribution in [2.24, 2.45) is 0 Å². The van der Waals surface area contributed by atoms with Crippen molar-refractivity contribution in [3.63, 3.8) is 0 Å². The largest absolute Gasteiger partial charge is 0.435 e. The lowest BCUT2D eigenvalue weighted by atomic mass is 10.2. The summed E-state index contributed by atoms with van der Waals surface area (Å²) in [7, 11) is 0. The summed E-state index contributed by atoms with van der Waals surface area (Å²) in [5.41, 5.74) is 2.23. The van der Waals surface area contributed by atoms with E-state index in [2.05, 4.69) is 4.98 Å². The van der Waals surface area contributed by atoms with Crippen LogP contribution in [0.5, 0.6) is 0 Å². The molecule has 3 nitrogen and oxygen atoms in total. The van der Waals surface area contributed by atoms with Gasteiger partial charge in [-0.15, -0.1) is 11.3 Å². The molecule has 0 saturated heterocycles. The first kappa shape index (κ1) is 9.57. The molecule has 80 valence electrons. The minimum absolute atomic E-state index is 0.0313. The maximum Gasteiger partial charge on any atom is 0.237 e. The molecule has 0 radical (unpaired) electrons. The summed E-state index contributed by atoms with van der Waals surface area (Å²) in [6.45, 7) is -0.0313. The molecule has 3 aromatic rings. The number of aliphatic hydroxyl groups excluding tert-OH is 1. The zero-order valence-electron chi connectivity index (χ0n) is 8.38. The number of oxazole rings is 1. The van der Waals surface area contributed by atoms with Gasteiger partial charge in [-0.3, -0.25) is 0 Å². The number of benzene rings is 1. The highest BCUT2D eigenvalue weighted by Gasteiger charge is 2.11. The van der Waals surface area contributed by atoms with Gasteiger partial charge < -0.3 is 9.52 Å². The van der Waals surface area contributed by atoms with E-state index < -0.39 is 0 Å². The standard InChI is InChI=1S/C12H9NO2S/c14-7-8-3-1-4-9-11(8)15-12(13-9)10-5-2-6-16-10/h1-6,14H,7H2. The molecule has 0 spiro atoms. The smallest absolute Gasteiger partial charge is 0.237 e. The van der Waals surface area contributed by atoms with E-state index in [1.54, 1.807) is 11.3 Å². The summed E-state index contributed by atoms with van der Waals surface area (Å²) in [6.07, 6.45) is 0. The third-order valence-corrected chi connectivity index (χ3v) is 3.26. The van der Waals surface area contributed by atoms with E-state index >= 15 is 0 Å². The predicted molar refractivity (Wildman–Crippen MR) is 63.2 cm³/mol. The van der Waals surface area contributed by atoms with Gasteiger partial charge in [-0.2, -0.15) is 0 Å². The molecule has 1 N–H and O–H groups in total. The Morgan fingerprint density at radius 2 is 2.19 bits per heavy atom. The van der Waals surface area contributed by atoms with Gasteiger partial charge in [-0.05, 0) is 17.5 Å². The second kappa shape index (κ2) is 3.73. The van der Waals surface area contributed by atoms with E-state index in [0.29, 0.717) is 11.5 Å². The number of aromatic nitrogens is 1. The summed E-state index contributed by atoms with van der Waals surface area (Å²) in [5, 5.41) is 11.2. The summed E-state index contributed by atoms with van der Waals surface area (Å²) >= 11 is 1.59. The van der Waals surface area contributed by atoms with Gasteiger partial charge in [-0.1, -0.05) is 18.2 Å². The van der Waals surface area contributed by atoms with Crippen molar-refractivity contribution < 1.29 is 9.52 Å². The normalized spacial score (nSPS) is 11.1. The number of nitrogens with zero attached hydrogens (tertiary/aromatic N) is 1. The van der Waals surface area contributed by atoms with Crippen molar-refractivity contribution in [2.45, 2.75) is 6.61 Å². The maximum absolute atomic E-state index is 9.19. The summed E-state index contributed by atoms with van der Waals surface area (Å²) in [6, 6.07) is 9.52. The molecule has 0 fully saturated rings. The van der Waals surface area contributed by atoms with E-state index in [-0.39, 0.29) is 6.61 Å². The van der Waals surface area contributed by atoms with Gasteiger partial charge in [0.25, 0.3) is 0 Å². The van der Waals surface area contributed by atoms with Crippen LogP contribution in [0.4, 0.5) is 0 Å². The molecule has 0 atom stereocenters. The van der Waals surface area contributed by atoms with E-state index in [9.17, 15) is 5.11 Å². The van der Waals surface area contributed by atoms with Crippen LogP contribution in [0.3, 0.4) is 0 Å². The van der Waals surface area contributed by atoms with Crippen molar-refractivity contribution in [2.75, 3.05) is 0 Å². The molecular weight excluding hydrogens is 222 g/mol. The predicted octanol–water partition coefficient (Wildman–Crippen LogP) is 3.05. The van der Waals surface area contributed by atoms with E-state index in [1.165, 1.54) is 0 Å². The topological polar surface area (TPSA) is 46.3 Å². The average Bonchev–Trinajstić information content (AvgIpc) is 2.96. The van der Waals surface area contributed by atoms with Crippen LogP contribution >= 0.6 is 11.3 Å². The molecule has 2 aromatic heterocycles. The quantitative estimate of drug-likeness (QED) is 0.737. The molecule has 0 saturated carbocycles. The van der Waals surface area contributed by atoms with Crippen molar-refractivity contribution in [1.29, 1.82) is 0 Å². The van der Waals surface area contributed by atoms with Crippen LogP contribution in [0, 0.1) is 0 Å². The third kappa shape index (κ3) is 1.43. The Hall–Kier alpha value is -1.65. The number of para-hydroxylation sites is 1. The molecule has 2 heterocycles. The number of hydrogen-bond acceptors (Lipinski definition) is 4. The Bertz CT molecular complexity index is 613. The Balaban J connectivity index is 2.23. The monoisotopic (exact) mass is 231 g/mol. The Kier molecular flexibility index (Phi) is 2.23. The number of rotatable bonds is 2. The van der Waals surface area contributed by atoms with E-state index in [1.807, 2.05) is 35.7 Å². The summed E-state index contributed by atoms with van der Waals surface area (Å²) < 4.78 is 5.67. The fourth-order valence-electron chi connectivity index (χ4n) is 1.64. The molecule has 3 rings (SSSR count). The van der Waals surface area contributed by atoms with E-state index in [4.69, 9.17) is 4.42 Å². The Labute approximate surface area is 96.0 Å². The number of aliphatic hydroxyl groups is 1. The number of hydrogen-bond donors (Lipinski definition) is 1. The van der Waals surface area contributed by atoms with Crippen LogP contribution in [0.2, 0.25) is 0 Å². The minimum Gasteiger partial charge on any atom is -0.435 e. The summed E-state index contributed by atoms with van der Waals surface area (Å²) in [4.78, 5) is 5.40. The van der Waals surface area contributed by atoms with Crippen molar-refractivity contribution in [1.82, 2.24) is 4.98 Å². The number of fused-ring (bicyclic) bond motifs is 1. The van der Waals surface area contributed by atoms with E-state index in [0.717, 1.165) is 16.0 Å². The number of thiophene rings is 1. The lowest BCUT2D eigenvalue weighted by Crippen LogP contribution is -1.81. The first-order chi connectivity index (χ1) is 7.88. The minimum atomic E-state index is -0.0313. The zero-order chi connectivity index (χ0) is 11.0. The molecule has 0 aliphatic rings. The highest BCUT2D eigenvalue weighted by molar-refractivity contribution is 7.13. The average molecular weight is 231 g/mol. The second-order valence-corrected chi connectivity index (χ2v) is 4.37. The molecule has 0 bridgehead atoms. The second-order valence-electron chi connectivity index (χ2n) is 3.42. The maximum atomic E-state index is 9.19. The van der Waals surface area contributed by atoms with Crippen LogP contribution < -0.4 is 0 Å². The molecule has 0 amide bonds. The molecule has 1 aromatic carbocycles. The van der Waals surface area contributed by atoms with Crippen LogP contribution in [-0.2, 0) is 6.61 Å². The third-order valence-electron chi connectivity index (χ3n) is 2.40. The van der Waals surface area contributed by atoms with Gasteiger partial charge in [0.1, 0.15) is 5.52 Å². The lowest BCUT2D eigenvalue weighted by Gasteiger charge is -1.94. The zero-order valence-corrected chi connectivity index (χ0v) is 9.20. The van der Waals surface area contributed by atoms with Gasteiger partial charge in [0, 0.05) is 5.56 Å². The van der Waals surface area contributed by atoms with Crippen molar-refractivity contribution in [3.05, 3.63) is 41.3 Å². The molecule has 0 aliphatic heterocycles. The molecule has 0 unspecified atom stereocenters. The fourth-order valence-corrected chi connectivity index (χ4v) is 2.29. The Morgan fingerprint density at radius 1 is 1.25 bits per heavy atom. The molecule has 16 heavy (non-hydrogen) atoms. The molecule has 0 aliphatic carbocycles. The van der Waals surface area contributed by atoms with Crippen LogP contribution in [0.25, 0.3) is 21.9 Å².